The van der Waals surface area contributed by atoms with Crippen LogP contribution < -0.4 is 5.32 Å². The van der Waals surface area contributed by atoms with E-state index in [1.807, 2.05) is 42.5 Å². The summed E-state index contributed by atoms with van der Waals surface area (Å²) in [5.74, 6) is 0.274. The number of hydrogen-bond donors (Lipinski definition) is 1. The fourth-order valence-electron chi connectivity index (χ4n) is 3.31. The summed E-state index contributed by atoms with van der Waals surface area (Å²) in [6.07, 6.45) is 4.57. The number of amides is 2. The van der Waals surface area contributed by atoms with Gasteiger partial charge < -0.3 is 14.6 Å². The molecule has 142 valence electrons. The number of nitrogens with one attached hydrogen (secondary N) is 1. The molecule has 1 saturated heterocycles. The van der Waals surface area contributed by atoms with Crippen LogP contribution in [0.5, 0.6) is 0 Å². The molecule has 0 spiro atoms. The van der Waals surface area contributed by atoms with Crippen LogP contribution in [-0.4, -0.2) is 40.8 Å². The van der Waals surface area contributed by atoms with Crippen LogP contribution in [0.3, 0.4) is 0 Å². The predicted molar refractivity (Wildman–Crippen MR) is 107 cm³/mol. The lowest BCUT2D eigenvalue weighted by atomic mass is 10.0. The Hall–Kier alpha value is -3.41. The number of oxazole rings is 1. The van der Waals surface area contributed by atoms with Crippen molar-refractivity contribution in [2.45, 2.75) is 18.9 Å². The van der Waals surface area contributed by atoms with Crippen LogP contribution in [0, 0.1) is 0 Å². The number of fused-ring (bicyclic) bond motifs is 1. The zero-order valence-electron chi connectivity index (χ0n) is 15.4. The summed E-state index contributed by atoms with van der Waals surface area (Å²) in [5, 5.41) is 3.05. The summed E-state index contributed by atoms with van der Waals surface area (Å²) < 4.78 is 5.59. The maximum Gasteiger partial charge on any atom is 0.251 e. The van der Waals surface area contributed by atoms with E-state index in [9.17, 15) is 9.59 Å². The number of benzene rings is 2. The topological polar surface area (TPSA) is 75.4 Å². The maximum absolute atomic E-state index is 12.4. The second kappa shape index (κ2) is 8.08. The second-order valence-corrected chi connectivity index (χ2v) is 6.79. The normalized spacial score (nSPS) is 15.2. The molecule has 1 aliphatic rings. The van der Waals surface area contributed by atoms with Crippen LogP contribution in [0.2, 0.25) is 0 Å². The van der Waals surface area contributed by atoms with Crippen molar-refractivity contribution >= 4 is 29.0 Å². The Kier molecular flexibility index (Phi) is 5.19. The lowest BCUT2D eigenvalue weighted by Gasteiger charge is -2.31. The standard InChI is InChI=1S/C22H21N3O3/c26-21(11-10-20-24-18-8-4-5-9-19(18)28-20)25-14-12-17(13-15-25)23-22(27)16-6-2-1-3-7-16/h1-11,17H,12-15H2,(H,23,27)/b11-10+. The van der Waals surface area contributed by atoms with Crippen molar-refractivity contribution in [1.82, 2.24) is 15.2 Å². The number of piperidine rings is 1. The first kappa shape index (κ1) is 18.0. The molecule has 2 amide bonds. The van der Waals surface area contributed by atoms with E-state index in [1.165, 1.54) is 6.08 Å². The molecule has 1 aromatic heterocycles. The molecule has 1 fully saturated rings. The van der Waals surface area contributed by atoms with Gasteiger partial charge in [-0.3, -0.25) is 9.59 Å². The van der Waals surface area contributed by atoms with Crippen molar-refractivity contribution in [2.24, 2.45) is 0 Å². The molecule has 0 aliphatic carbocycles. The Morgan fingerprint density at radius 2 is 1.75 bits per heavy atom. The first-order valence-electron chi connectivity index (χ1n) is 9.37. The Labute approximate surface area is 162 Å². The van der Waals surface area contributed by atoms with Crippen LogP contribution in [-0.2, 0) is 4.79 Å². The monoisotopic (exact) mass is 375 g/mol. The molecule has 28 heavy (non-hydrogen) atoms. The number of nitrogens with zero attached hydrogens (tertiary/aromatic N) is 2. The number of hydrogen-bond acceptors (Lipinski definition) is 4. The van der Waals surface area contributed by atoms with Crippen molar-refractivity contribution in [3.05, 3.63) is 72.1 Å². The zero-order valence-corrected chi connectivity index (χ0v) is 15.4. The summed E-state index contributed by atoms with van der Waals surface area (Å²) in [7, 11) is 0. The van der Waals surface area contributed by atoms with Gasteiger partial charge in [0.15, 0.2) is 5.58 Å². The Morgan fingerprint density at radius 3 is 2.50 bits per heavy atom. The van der Waals surface area contributed by atoms with E-state index in [2.05, 4.69) is 10.3 Å². The van der Waals surface area contributed by atoms with Gasteiger partial charge >= 0.3 is 0 Å². The van der Waals surface area contributed by atoms with Gasteiger partial charge in [0.05, 0.1) is 0 Å². The van der Waals surface area contributed by atoms with Gasteiger partial charge in [0.25, 0.3) is 5.91 Å². The molecule has 0 saturated carbocycles. The SMILES string of the molecule is O=C(NC1CCN(C(=O)/C=C/c2nc3ccccc3o2)CC1)c1ccccc1. The molecule has 3 aromatic rings. The minimum atomic E-state index is -0.0740. The summed E-state index contributed by atoms with van der Waals surface area (Å²) in [5.41, 5.74) is 2.12. The highest BCUT2D eigenvalue weighted by Gasteiger charge is 2.23. The molecule has 2 heterocycles. The van der Waals surface area contributed by atoms with Gasteiger partial charge in [-0.15, -0.1) is 0 Å². The summed E-state index contributed by atoms with van der Waals surface area (Å²) >= 11 is 0. The van der Waals surface area contributed by atoms with Crippen molar-refractivity contribution in [2.75, 3.05) is 13.1 Å². The van der Waals surface area contributed by atoms with Crippen LogP contribution in [0.1, 0.15) is 29.1 Å². The largest absolute Gasteiger partial charge is 0.437 e. The molecule has 0 atom stereocenters. The van der Waals surface area contributed by atoms with E-state index < -0.39 is 0 Å². The Bertz CT molecular complexity index is 969. The van der Waals surface area contributed by atoms with E-state index in [-0.39, 0.29) is 17.9 Å². The average Bonchev–Trinajstić information content (AvgIpc) is 3.16. The molecule has 4 rings (SSSR count). The number of carbonyl (C=O) groups excluding carboxylic acids is 2. The number of para-hydroxylation sites is 2. The average molecular weight is 375 g/mol. The highest BCUT2D eigenvalue weighted by Crippen LogP contribution is 2.16. The molecule has 0 unspecified atom stereocenters. The smallest absolute Gasteiger partial charge is 0.251 e. The number of aromatic nitrogens is 1. The lowest BCUT2D eigenvalue weighted by molar-refractivity contribution is -0.127. The first-order valence-corrected chi connectivity index (χ1v) is 9.37. The maximum atomic E-state index is 12.4. The van der Waals surface area contributed by atoms with Crippen molar-refractivity contribution in [3.63, 3.8) is 0 Å². The minimum Gasteiger partial charge on any atom is -0.437 e. The number of carbonyl (C=O) groups is 2. The van der Waals surface area contributed by atoms with E-state index in [4.69, 9.17) is 4.42 Å². The lowest BCUT2D eigenvalue weighted by Crippen LogP contribution is -2.46. The van der Waals surface area contributed by atoms with Gasteiger partial charge in [-0.2, -0.15) is 0 Å². The zero-order chi connectivity index (χ0) is 19.3. The molecule has 1 aliphatic heterocycles. The first-order chi connectivity index (χ1) is 13.7. The number of likely N-dealkylation sites (tertiary alicyclic amines) is 1. The molecular weight excluding hydrogens is 354 g/mol. The Balaban J connectivity index is 1.29. The van der Waals surface area contributed by atoms with Gasteiger partial charge in [0.2, 0.25) is 11.8 Å². The van der Waals surface area contributed by atoms with Gasteiger partial charge in [-0.1, -0.05) is 30.3 Å². The third-order valence-electron chi connectivity index (χ3n) is 4.86. The Morgan fingerprint density at radius 1 is 1.04 bits per heavy atom. The molecule has 0 bridgehead atoms. The minimum absolute atomic E-state index is 0.0683. The van der Waals surface area contributed by atoms with E-state index in [0.717, 1.165) is 18.4 Å². The highest BCUT2D eigenvalue weighted by molar-refractivity contribution is 5.94. The fourth-order valence-corrected chi connectivity index (χ4v) is 3.31. The molecule has 0 radical (unpaired) electrons. The van der Waals surface area contributed by atoms with E-state index >= 15 is 0 Å². The highest BCUT2D eigenvalue weighted by atomic mass is 16.3. The summed E-state index contributed by atoms with van der Waals surface area (Å²) in [4.78, 5) is 30.8. The van der Waals surface area contributed by atoms with Gasteiger partial charge in [-0.05, 0) is 37.1 Å². The number of rotatable bonds is 4. The third kappa shape index (κ3) is 4.11. The van der Waals surface area contributed by atoms with Crippen molar-refractivity contribution in [1.29, 1.82) is 0 Å². The van der Waals surface area contributed by atoms with Gasteiger partial charge in [-0.25, -0.2) is 4.98 Å². The molecular formula is C22H21N3O3. The predicted octanol–water partition coefficient (Wildman–Crippen LogP) is 3.26. The molecule has 2 aromatic carbocycles. The molecule has 6 nitrogen and oxygen atoms in total. The van der Waals surface area contributed by atoms with Crippen molar-refractivity contribution < 1.29 is 14.0 Å². The quantitative estimate of drug-likeness (QED) is 0.710. The molecule has 1 N–H and O–H groups in total. The van der Waals surface area contributed by atoms with E-state index in [0.29, 0.717) is 30.1 Å². The van der Waals surface area contributed by atoms with E-state index in [1.54, 1.807) is 23.1 Å². The van der Waals surface area contributed by atoms with Gasteiger partial charge in [0.1, 0.15) is 5.52 Å². The van der Waals surface area contributed by atoms with Crippen LogP contribution in [0.25, 0.3) is 17.2 Å². The van der Waals surface area contributed by atoms with Crippen LogP contribution >= 0.6 is 0 Å². The van der Waals surface area contributed by atoms with Crippen LogP contribution in [0.15, 0.2) is 65.1 Å². The third-order valence-corrected chi connectivity index (χ3v) is 4.86. The van der Waals surface area contributed by atoms with Crippen molar-refractivity contribution in [3.8, 4) is 0 Å². The molecule has 6 heteroatoms. The fraction of sp³-hybridized carbons (Fsp3) is 0.227. The second-order valence-electron chi connectivity index (χ2n) is 6.79. The summed E-state index contributed by atoms with van der Waals surface area (Å²) in [6.45, 7) is 1.22. The summed E-state index contributed by atoms with van der Waals surface area (Å²) in [6, 6.07) is 16.7. The van der Waals surface area contributed by atoms with Crippen LogP contribution in [0.4, 0.5) is 0 Å². The van der Waals surface area contributed by atoms with Gasteiger partial charge in [0, 0.05) is 36.8 Å².